The summed E-state index contributed by atoms with van der Waals surface area (Å²) in [5.74, 6) is -0.530. The number of hydrogen-bond donors (Lipinski definition) is 1. The van der Waals surface area contributed by atoms with Crippen molar-refractivity contribution in [3.8, 4) is 0 Å². The number of hydrogen-bond acceptors (Lipinski definition) is 3. The van der Waals surface area contributed by atoms with Gasteiger partial charge in [-0.3, -0.25) is 9.59 Å². The summed E-state index contributed by atoms with van der Waals surface area (Å²) in [5.41, 5.74) is 2.07. The quantitative estimate of drug-likeness (QED) is 0.701. The summed E-state index contributed by atoms with van der Waals surface area (Å²) >= 11 is 1.45. The van der Waals surface area contributed by atoms with Crippen LogP contribution in [0.4, 0.5) is 13.2 Å². The molecule has 0 aromatic heterocycles. The number of thioether (sulfide) groups is 1. The van der Waals surface area contributed by atoms with E-state index in [1.165, 1.54) is 23.9 Å². The average Bonchev–Trinajstić information content (AvgIpc) is 2.65. The topological polar surface area (TPSA) is 49.4 Å². The fraction of sp³-hybridized carbons (Fsp3) is 0.300. The zero-order valence-electron chi connectivity index (χ0n) is 15.5. The summed E-state index contributed by atoms with van der Waals surface area (Å²) in [6, 6.07) is 14.1. The third-order valence-electron chi connectivity index (χ3n) is 3.89. The first kappa shape index (κ1) is 21.8. The highest BCUT2D eigenvalue weighted by molar-refractivity contribution is 8.00. The van der Waals surface area contributed by atoms with Crippen molar-refractivity contribution < 1.29 is 22.8 Å². The van der Waals surface area contributed by atoms with Crippen molar-refractivity contribution in [1.82, 2.24) is 10.2 Å². The molecular weight excluding hydrogens is 389 g/mol. The summed E-state index contributed by atoms with van der Waals surface area (Å²) < 4.78 is 36.4. The smallest absolute Gasteiger partial charge is 0.343 e. The molecule has 2 rings (SSSR count). The van der Waals surface area contributed by atoms with Crippen molar-refractivity contribution in [2.24, 2.45) is 0 Å². The average molecular weight is 410 g/mol. The Morgan fingerprint density at radius 2 is 1.64 bits per heavy atom. The predicted octanol–water partition coefficient (Wildman–Crippen LogP) is 4.04. The van der Waals surface area contributed by atoms with Crippen molar-refractivity contribution in [2.45, 2.75) is 24.5 Å². The molecule has 0 bridgehead atoms. The van der Waals surface area contributed by atoms with Crippen molar-refractivity contribution >= 4 is 23.6 Å². The molecular formula is C20H21F3N2O2S. The Morgan fingerprint density at radius 3 is 2.21 bits per heavy atom. The van der Waals surface area contributed by atoms with E-state index in [1.807, 2.05) is 36.5 Å². The highest BCUT2D eigenvalue weighted by Gasteiger charge is 2.27. The Morgan fingerprint density at radius 1 is 1.04 bits per heavy atom. The standard InChI is InChI=1S/C20H21F3N2O2S/c1-14-3-9-17(10-4-14)28-12-18(26)25(2)11-15-5-7-16(8-6-15)19(27)24-13-20(21,22)23/h3-10H,11-13H2,1-2H3,(H,24,27). The maximum absolute atomic E-state index is 12.3. The number of carbonyl (C=O) groups is 2. The molecule has 0 aliphatic carbocycles. The number of rotatable bonds is 7. The minimum Gasteiger partial charge on any atom is -0.343 e. The number of benzene rings is 2. The molecule has 2 amide bonds. The molecule has 0 spiro atoms. The molecule has 0 aliphatic rings. The lowest BCUT2D eigenvalue weighted by Gasteiger charge is -2.17. The molecule has 4 nitrogen and oxygen atoms in total. The van der Waals surface area contributed by atoms with Crippen LogP contribution in [0.5, 0.6) is 0 Å². The Labute approximate surface area is 166 Å². The number of nitrogens with one attached hydrogen (secondary N) is 1. The van der Waals surface area contributed by atoms with Crippen LogP contribution in [0.2, 0.25) is 0 Å². The van der Waals surface area contributed by atoms with Gasteiger partial charge in [-0.05, 0) is 36.8 Å². The van der Waals surface area contributed by atoms with E-state index in [4.69, 9.17) is 0 Å². The predicted molar refractivity (Wildman–Crippen MR) is 103 cm³/mol. The first-order valence-electron chi connectivity index (χ1n) is 8.51. The van der Waals surface area contributed by atoms with Gasteiger partial charge in [-0.2, -0.15) is 13.2 Å². The molecule has 0 saturated heterocycles. The van der Waals surface area contributed by atoms with Gasteiger partial charge in [-0.1, -0.05) is 29.8 Å². The maximum atomic E-state index is 12.3. The van der Waals surface area contributed by atoms with Gasteiger partial charge in [0.1, 0.15) is 6.54 Å². The first-order valence-corrected chi connectivity index (χ1v) is 9.50. The van der Waals surface area contributed by atoms with Crippen LogP contribution in [0.1, 0.15) is 21.5 Å². The van der Waals surface area contributed by atoms with Crippen LogP contribution in [0.25, 0.3) is 0 Å². The molecule has 0 unspecified atom stereocenters. The Hall–Kier alpha value is -2.48. The number of carbonyl (C=O) groups excluding carboxylic acids is 2. The molecule has 28 heavy (non-hydrogen) atoms. The minimum absolute atomic E-state index is 0.0439. The van der Waals surface area contributed by atoms with Gasteiger partial charge >= 0.3 is 6.18 Å². The molecule has 0 heterocycles. The first-order chi connectivity index (χ1) is 13.1. The molecule has 0 radical (unpaired) electrons. The van der Waals surface area contributed by atoms with Crippen LogP contribution in [0.15, 0.2) is 53.4 Å². The van der Waals surface area contributed by atoms with Gasteiger partial charge in [0.15, 0.2) is 0 Å². The van der Waals surface area contributed by atoms with E-state index in [0.717, 1.165) is 16.0 Å². The van der Waals surface area contributed by atoms with Crippen LogP contribution < -0.4 is 5.32 Å². The third-order valence-corrected chi connectivity index (χ3v) is 4.89. The normalized spacial score (nSPS) is 11.2. The SMILES string of the molecule is Cc1ccc(SCC(=O)N(C)Cc2ccc(C(=O)NCC(F)(F)F)cc2)cc1. The van der Waals surface area contributed by atoms with Crippen molar-refractivity contribution in [3.05, 3.63) is 65.2 Å². The number of aryl methyl sites for hydroxylation is 1. The van der Waals surface area contributed by atoms with Crippen LogP contribution in [-0.4, -0.2) is 42.2 Å². The zero-order valence-corrected chi connectivity index (χ0v) is 16.4. The van der Waals surface area contributed by atoms with Crippen LogP contribution >= 0.6 is 11.8 Å². The van der Waals surface area contributed by atoms with Gasteiger partial charge in [-0.25, -0.2) is 0 Å². The largest absolute Gasteiger partial charge is 0.405 e. The second-order valence-electron chi connectivity index (χ2n) is 6.35. The second kappa shape index (κ2) is 9.64. The second-order valence-corrected chi connectivity index (χ2v) is 7.40. The fourth-order valence-electron chi connectivity index (χ4n) is 2.30. The Balaban J connectivity index is 1.84. The van der Waals surface area contributed by atoms with Crippen molar-refractivity contribution in [1.29, 1.82) is 0 Å². The molecule has 0 saturated carbocycles. The van der Waals surface area contributed by atoms with Crippen LogP contribution in [-0.2, 0) is 11.3 Å². The highest BCUT2D eigenvalue weighted by Crippen LogP contribution is 2.19. The lowest BCUT2D eigenvalue weighted by Crippen LogP contribution is -2.33. The van der Waals surface area contributed by atoms with Gasteiger partial charge in [0.25, 0.3) is 5.91 Å². The third kappa shape index (κ3) is 7.26. The molecule has 1 N–H and O–H groups in total. The molecule has 8 heteroatoms. The minimum atomic E-state index is -4.45. The Kier molecular flexibility index (Phi) is 7.51. The lowest BCUT2D eigenvalue weighted by molar-refractivity contribution is -0.127. The van der Waals surface area contributed by atoms with Gasteiger partial charge in [-0.15, -0.1) is 11.8 Å². The zero-order chi connectivity index (χ0) is 20.7. The monoisotopic (exact) mass is 410 g/mol. The van der Waals surface area contributed by atoms with Crippen molar-refractivity contribution in [2.75, 3.05) is 19.3 Å². The van der Waals surface area contributed by atoms with E-state index in [0.29, 0.717) is 12.3 Å². The number of alkyl halides is 3. The van der Waals surface area contributed by atoms with E-state index in [2.05, 4.69) is 0 Å². The molecule has 2 aromatic carbocycles. The fourth-order valence-corrected chi connectivity index (χ4v) is 3.13. The van der Waals surface area contributed by atoms with Crippen LogP contribution in [0, 0.1) is 6.92 Å². The number of amides is 2. The van der Waals surface area contributed by atoms with E-state index in [9.17, 15) is 22.8 Å². The maximum Gasteiger partial charge on any atom is 0.405 e. The molecule has 0 atom stereocenters. The molecule has 0 aliphatic heterocycles. The highest BCUT2D eigenvalue weighted by atomic mass is 32.2. The van der Waals surface area contributed by atoms with E-state index in [1.54, 1.807) is 24.1 Å². The lowest BCUT2D eigenvalue weighted by atomic mass is 10.1. The van der Waals surface area contributed by atoms with Crippen molar-refractivity contribution in [3.63, 3.8) is 0 Å². The summed E-state index contributed by atoms with van der Waals surface area (Å²) in [4.78, 5) is 26.6. The van der Waals surface area contributed by atoms with Crippen LogP contribution in [0.3, 0.4) is 0 Å². The summed E-state index contributed by atoms with van der Waals surface area (Å²) in [7, 11) is 1.68. The van der Waals surface area contributed by atoms with Gasteiger partial charge in [0.2, 0.25) is 5.91 Å². The van der Waals surface area contributed by atoms with Gasteiger partial charge < -0.3 is 10.2 Å². The summed E-state index contributed by atoms with van der Waals surface area (Å²) in [5, 5.41) is 1.82. The molecule has 150 valence electrons. The van der Waals surface area contributed by atoms with Gasteiger partial charge in [0.05, 0.1) is 5.75 Å². The van der Waals surface area contributed by atoms with Gasteiger partial charge in [0, 0.05) is 24.1 Å². The number of halogens is 3. The summed E-state index contributed by atoms with van der Waals surface area (Å²) in [6.07, 6.45) is -4.45. The Bertz CT molecular complexity index is 806. The number of nitrogens with zero attached hydrogens (tertiary/aromatic N) is 1. The van der Waals surface area contributed by atoms with E-state index >= 15 is 0 Å². The summed E-state index contributed by atoms with van der Waals surface area (Å²) in [6.45, 7) is 0.972. The molecule has 0 fully saturated rings. The van der Waals surface area contributed by atoms with E-state index < -0.39 is 18.6 Å². The van der Waals surface area contributed by atoms with E-state index in [-0.39, 0.29) is 11.5 Å². The molecule has 2 aromatic rings.